The Labute approximate surface area is 122 Å². The number of nitrogen functional groups attached to an aromatic ring is 1. The van der Waals surface area contributed by atoms with Crippen LogP contribution in [-0.4, -0.2) is 13.1 Å². The van der Waals surface area contributed by atoms with Gasteiger partial charge in [-0.1, -0.05) is 43.3 Å². The first-order valence-electron chi connectivity index (χ1n) is 7.44. The summed E-state index contributed by atoms with van der Waals surface area (Å²) in [5, 5.41) is 0. The van der Waals surface area contributed by atoms with E-state index in [1.165, 1.54) is 17.7 Å². The summed E-state index contributed by atoms with van der Waals surface area (Å²) in [5.74, 6) is 0. The molecule has 2 aromatic rings. The van der Waals surface area contributed by atoms with Crippen LogP contribution < -0.4 is 10.6 Å². The quantitative estimate of drug-likeness (QED) is 0.765. The van der Waals surface area contributed by atoms with E-state index in [9.17, 15) is 0 Å². The molecule has 0 atom stereocenters. The Morgan fingerprint density at radius 1 is 0.950 bits per heavy atom. The maximum atomic E-state index is 5.89. The van der Waals surface area contributed by atoms with Crippen LogP contribution in [0.2, 0.25) is 0 Å². The number of benzene rings is 2. The van der Waals surface area contributed by atoms with Crippen LogP contribution in [-0.2, 0) is 6.42 Å². The molecule has 0 spiro atoms. The molecule has 2 N–H and O–H groups in total. The number of nitrogens with two attached hydrogens (primary N) is 1. The number of hydrogen-bond donors (Lipinski definition) is 1. The lowest BCUT2D eigenvalue weighted by atomic mass is 10.1. The smallest absolute Gasteiger partial charge is 0.0386 e. The minimum absolute atomic E-state index is 0.840. The van der Waals surface area contributed by atoms with Gasteiger partial charge in [-0.3, -0.25) is 0 Å². The van der Waals surface area contributed by atoms with Gasteiger partial charge in [0, 0.05) is 24.5 Å². The first-order valence-corrected chi connectivity index (χ1v) is 7.44. The molecular weight excluding hydrogens is 244 g/mol. The third kappa shape index (κ3) is 4.30. The van der Waals surface area contributed by atoms with Crippen molar-refractivity contribution in [2.45, 2.75) is 26.2 Å². The van der Waals surface area contributed by atoms with Gasteiger partial charge in [-0.25, -0.2) is 0 Å². The minimum atomic E-state index is 0.840. The number of nitrogens with zero attached hydrogens (tertiary/aromatic N) is 1. The molecule has 20 heavy (non-hydrogen) atoms. The fourth-order valence-corrected chi connectivity index (χ4v) is 2.48. The van der Waals surface area contributed by atoms with Crippen molar-refractivity contribution < 1.29 is 0 Å². The largest absolute Gasteiger partial charge is 0.399 e. The summed E-state index contributed by atoms with van der Waals surface area (Å²) >= 11 is 0. The van der Waals surface area contributed by atoms with E-state index in [0.29, 0.717) is 0 Å². The number of aryl methyl sites for hydroxylation is 1. The van der Waals surface area contributed by atoms with Gasteiger partial charge in [-0.15, -0.1) is 0 Å². The highest BCUT2D eigenvalue weighted by molar-refractivity contribution is 5.55. The van der Waals surface area contributed by atoms with Crippen LogP contribution in [0.4, 0.5) is 11.4 Å². The molecule has 0 fully saturated rings. The molecule has 0 bridgehead atoms. The highest BCUT2D eigenvalue weighted by Gasteiger charge is 2.05. The van der Waals surface area contributed by atoms with Gasteiger partial charge in [-0.2, -0.15) is 0 Å². The average Bonchev–Trinajstić information content (AvgIpc) is 2.47. The standard InChI is InChI=1S/C18H24N2/c1-2-13-20(18-12-6-11-17(19)15-18)14-7-10-16-8-4-3-5-9-16/h3-6,8-9,11-12,15H,2,7,10,13-14,19H2,1H3. The van der Waals surface area contributed by atoms with Crippen molar-refractivity contribution in [3.05, 3.63) is 60.2 Å². The van der Waals surface area contributed by atoms with E-state index < -0.39 is 0 Å². The molecule has 0 aliphatic heterocycles. The van der Waals surface area contributed by atoms with Crippen molar-refractivity contribution in [3.8, 4) is 0 Å². The lowest BCUT2D eigenvalue weighted by Crippen LogP contribution is -2.25. The zero-order chi connectivity index (χ0) is 14.2. The summed E-state index contributed by atoms with van der Waals surface area (Å²) in [6.07, 6.45) is 3.45. The van der Waals surface area contributed by atoms with Gasteiger partial charge in [0.15, 0.2) is 0 Å². The van der Waals surface area contributed by atoms with E-state index in [4.69, 9.17) is 5.73 Å². The monoisotopic (exact) mass is 268 g/mol. The fourth-order valence-electron chi connectivity index (χ4n) is 2.48. The Morgan fingerprint density at radius 3 is 2.45 bits per heavy atom. The minimum Gasteiger partial charge on any atom is -0.399 e. The van der Waals surface area contributed by atoms with Crippen molar-refractivity contribution in [1.82, 2.24) is 0 Å². The van der Waals surface area contributed by atoms with Crippen molar-refractivity contribution in [2.75, 3.05) is 23.7 Å². The van der Waals surface area contributed by atoms with Crippen molar-refractivity contribution in [2.24, 2.45) is 0 Å². The molecule has 0 radical (unpaired) electrons. The van der Waals surface area contributed by atoms with Crippen LogP contribution in [0.1, 0.15) is 25.3 Å². The second-order valence-corrected chi connectivity index (χ2v) is 5.17. The van der Waals surface area contributed by atoms with Crippen molar-refractivity contribution in [1.29, 1.82) is 0 Å². The van der Waals surface area contributed by atoms with Gasteiger partial charge in [-0.05, 0) is 43.0 Å². The maximum Gasteiger partial charge on any atom is 0.0386 e. The first-order chi connectivity index (χ1) is 9.79. The Balaban J connectivity index is 1.92. The van der Waals surface area contributed by atoms with Crippen LogP contribution in [0.25, 0.3) is 0 Å². The van der Waals surface area contributed by atoms with Gasteiger partial charge in [0.05, 0.1) is 0 Å². The Bertz CT molecular complexity index is 508. The molecule has 0 aliphatic rings. The highest BCUT2D eigenvalue weighted by Crippen LogP contribution is 2.18. The SMILES string of the molecule is CCCN(CCCc1ccccc1)c1cccc(N)c1. The van der Waals surface area contributed by atoms with Gasteiger partial charge in [0.1, 0.15) is 0 Å². The van der Waals surface area contributed by atoms with Crippen LogP contribution in [0.5, 0.6) is 0 Å². The Hall–Kier alpha value is -1.96. The fraction of sp³-hybridized carbons (Fsp3) is 0.333. The van der Waals surface area contributed by atoms with Crippen LogP contribution >= 0.6 is 0 Å². The summed E-state index contributed by atoms with van der Waals surface area (Å²) < 4.78 is 0. The summed E-state index contributed by atoms with van der Waals surface area (Å²) in [6.45, 7) is 4.38. The molecule has 0 heterocycles. The highest BCUT2D eigenvalue weighted by atomic mass is 15.1. The molecule has 2 nitrogen and oxygen atoms in total. The molecule has 0 aromatic heterocycles. The summed E-state index contributed by atoms with van der Waals surface area (Å²) in [5.41, 5.74) is 9.37. The third-order valence-electron chi connectivity index (χ3n) is 3.47. The molecule has 0 amide bonds. The second kappa shape index (κ2) is 7.59. The topological polar surface area (TPSA) is 29.3 Å². The molecule has 0 saturated heterocycles. The lowest BCUT2D eigenvalue weighted by molar-refractivity contribution is 0.714. The predicted molar refractivity (Wildman–Crippen MR) is 88.1 cm³/mol. The van der Waals surface area contributed by atoms with Gasteiger partial charge < -0.3 is 10.6 Å². The van der Waals surface area contributed by atoms with Crippen molar-refractivity contribution >= 4 is 11.4 Å². The Kier molecular flexibility index (Phi) is 5.48. The van der Waals surface area contributed by atoms with Crippen molar-refractivity contribution in [3.63, 3.8) is 0 Å². The zero-order valence-corrected chi connectivity index (χ0v) is 12.3. The molecule has 106 valence electrons. The average molecular weight is 268 g/mol. The second-order valence-electron chi connectivity index (χ2n) is 5.17. The first kappa shape index (κ1) is 14.4. The predicted octanol–water partition coefficient (Wildman–Crippen LogP) is 4.12. The van der Waals surface area contributed by atoms with E-state index in [1.54, 1.807) is 0 Å². The summed E-state index contributed by atoms with van der Waals surface area (Å²) in [6, 6.07) is 18.9. The summed E-state index contributed by atoms with van der Waals surface area (Å²) in [4.78, 5) is 2.43. The zero-order valence-electron chi connectivity index (χ0n) is 12.3. The van der Waals surface area contributed by atoms with Gasteiger partial charge >= 0.3 is 0 Å². The van der Waals surface area contributed by atoms with E-state index in [1.807, 2.05) is 12.1 Å². The molecule has 2 rings (SSSR count). The number of anilines is 2. The number of hydrogen-bond acceptors (Lipinski definition) is 2. The maximum absolute atomic E-state index is 5.89. The molecular formula is C18H24N2. The van der Waals surface area contributed by atoms with Gasteiger partial charge in [0.2, 0.25) is 0 Å². The van der Waals surface area contributed by atoms with E-state index >= 15 is 0 Å². The van der Waals surface area contributed by atoms with E-state index in [-0.39, 0.29) is 0 Å². The van der Waals surface area contributed by atoms with E-state index in [2.05, 4.69) is 54.3 Å². The van der Waals surface area contributed by atoms with Crippen LogP contribution in [0, 0.1) is 0 Å². The third-order valence-corrected chi connectivity index (χ3v) is 3.47. The normalized spacial score (nSPS) is 10.4. The Morgan fingerprint density at radius 2 is 1.75 bits per heavy atom. The number of rotatable bonds is 7. The molecule has 2 aromatic carbocycles. The van der Waals surface area contributed by atoms with Crippen LogP contribution in [0.15, 0.2) is 54.6 Å². The molecule has 0 aliphatic carbocycles. The van der Waals surface area contributed by atoms with Gasteiger partial charge in [0.25, 0.3) is 0 Å². The van der Waals surface area contributed by atoms with E-state index in [0.717, 1.165) is 31.6 Å². The summed E-state index contributed by atoms with van der Waals surface area (Å²) in [7, 11) is 0. The lowest BCUT2D eigenvalue weighted by Gasteiger charge is -2.24. The van der Waals surface area contributed by atoms with Crippen LogP contribution in [0.3, 0.4) is 0 Å². The molecule has 0 unspecified atom stereocenters. The molecule has 0 saturated carbocycles. The molecule has 2 heteroatoms.